The molecule has 0 N–H and O–H groups in total. The van der Waals surface area contributed by atoms with Crippen molar-refractivity contribution in [1.82, 2.24) is 9.78 Å². The molecule has 68 valence electrons. The highest BCUT2D eigenvalue weighted by molar-refractivity contribution is 6.29. The minimum atomic E-state index is 0.588. The normalized spacial score (nSPS) is 10.5. The lowest BCUT2D eigenvalue weighted by Gasteiger charge is -1.99. The van der Waals surface area contributed by atoms with Crippen molar-refractivity contribution >= 4 is 11.6 Å². The molecule has 0 aliphatic carbocycles. The number of rotatable bonds is 5. The molecule has 3 heteroatoms. The van der Waals surface area contributed by atoms with Crippen molar-refractivity contribution in [3.63, 3.8) is 0 Å². The van der Waals surface area contributed by atoms with Gasteiger partial charge in [-0.15, -0.1) is 0 Å². The van der Waals surface area contributed by atoms with Crippen LogP contribution < -0.4 is 0 Å². The lowest BCUT2D eigenvalue weighted by Crippen LogP contribution is -1.97. The van der Waals surface area contributed by atoms with E-state index in [-0.39, 0.29) is 0 Å². The van der Waals surface area contributed by atoms with E-state index in [1.807, 2.05) is 16.9 Å². The van der Waals surface area contributed by atoms with Crippen LogP contribution in [0.3, 0.4) is 0 Å². The summed E-state index contributed by atoms with van der Waals surface area (Å²) in [5, 5.41) is 4.68. The number of unbranched alkanes of at least 4 members (excludes halogenated alkanes) is 3. The van der Waals surface area contributed by atoms with Gasteiger partial charge >= 0.3 is 0 Å². The second-order valence-electron chi connectivity index (χ2n) is 2.96. The van der Waals surface area contributed by atoms with Crippen LogP contribution in [0, 0.1) is 0 Å². The number of halogens is 1. The van der Waals surface area contributed by atoms with Gasteiger partial charge in [-0.1, -0.05) is 37.8 Å². The first-order valence-electron chi connectivity index (χ1n) is 4.52. The van der Waals surface area contributed by atoms with E-state index in [1.54, 1.807) is 0 Å². The fraction of sp³-hybridized carbons (Fsp3) is 0.667. The molecule has 0 saturated carbocycles. The summed E-state index contributed by atoms with van der Waals surface area (Å²) in [7, 11) is 0. The second kappa shape index (κ2) is 5.20. The first kappa shape index (κ1) is 9.59. The lowest BCUT2D eigenvalue weighted by atomic mass is 10.2. The fourth-order valence-electron chi connectivity index (χ4n) is 1.16. The molecule has 0 aliphatic rings. The van der Waals surface area contributed by atoms with E-state index in [0.29, 0.717) is 5.15 Å². The number of aryl methyl sites for hydroxylation is 1. The van der Waals surface area contributed by atoms with Gasteiger partial charge in [-0.25, -0.2) is 0 Å². The van der Waals surface area contributed by atoms with Gasteiger partial charge in [0, 0.05) is 12.7 Å². The van der Waals surface area contributed by atoms with Gasteiger partial charge in [-0.05, 0) is 12.5 Å². The molecule has 0 saturated heterocycles. The summed E-state index contributed by atoms with van der Waals surface area (Å²) >= 11 is 5.67. The minimum absolute atomic E-state index is 0.588. The molecule has 1 aromatic heterocycles. The molecule has 0 amide bonds. The Balaban J connectivity index is 2.15. The first-order chi connectivity index (χ1) is 5.83. The molecule has 2 nitrogen and oxygen atoms in total. The monoisotopic (exact) mass is 186 g/mol. The number of aromatic nitrogens is 2. The first-order valence-corrected chi connectivity index (χ1v) is 4.89. The van der Waals surface area contributed by atoms with Crippen molar-refractivity contribution in [3.8, 4) is 0 Å². The van der Waals surface area contributed by atoms with E-state index in [2.05, 4.69) is 12.0 Å². The Kier molecular flexibility index (Phi) is 4.15. The summed E-state index contributed by atoms with van der Waals surface area (Å²) in [5.74, 6) is 0. The summed E-state index contributed by atoms with van der Waals surface area (Å²) in [6, 6.07) is 1.82. The van der Waals surface area contributed by atoms with Crippen molar-refractivity contribution in [2.24, 2.45) is 0 Å². The van der Waals surface area contributed by atoms with E-state index in [4.69, 9.17) is 11.6 Å². The zero-order valence-electron chi connectivity index (χ0n) is 7.46. The number of nitrogens with zero attached hydrogens (tertiary/aromatic N) is 2. The molecule has 0 radical (unpaired) electrons. The number of hydrogen-bond acceptors (Lipinski definition) is 1. The maximum Gasteiger partial charge on any atom is 0.151 e. The third kappa shape index (κ3) is 3.26. The van der Waals surface area contributed by atoms with Crippen LogP contribution >= 0.6 is 11.6 Å². The van der Waals surface area contributed by atoms with Crippen molar-refractivity contribution < 1.29 is 0 Å². The van der Waals surface area contributed by atoms with Crippen LogP contribution in [-0.2, 0) is 6.54 Å². The Labute approximate surface area is 78.5 Å². The van der Waals surface area contributed by atoms with Gasteiger partial charge in [0.1, 0.15) is 0 Å². The maximum atomic E-state index is 5.67. The summed E-state index contributed by atoms with van der Waals surface area (Å²) in [6.45, 7) is 3.21. The average molecular weight is 187 g/mol. The highest BCUT2D eigenvalue weighted by atomic mass is 35.5. The average Bonchev–Trinajstić information content (AvgIpc) is 2.45. The summed E-state index contributed by atoms with van der Waals surface area (Å²) in [6.07, 6.45) is 7.00. The third-order valence-corrected chi connectivity index (χ3v) is 2.05. The van der Waals surface area contributed by atoms with Crippen LogP contribution in [0.5, 0.6) is 0 Å². The molecule has 1 aromatic rings. The maximum absolute atomic E-state index is 5.67. The fourth-order valence-corrected chi connectivity index (χ4v) is 1.32. The van der Waals surface area contributed by atoms with Crippen LogP contribution in [0.1, 0.15) is 32.6 Å². The van der Waals surface area contributed by atoms with Crippen LogP contribution in [0.4, 0.5) is 0 Å². The minimum Gasteiger partial charge on any atom is -0.271 e. The lowest BCUT2D eigenvalue weighted by molar-refractivity contribution is 0.541. The zero-order valence-corrected chi connectivity index (χ0v) is 8.22. The Morgan fingerprint density at radius 3 is 2.83 bits per heavy atom. The largest absolute Gasteiger partial charge is 0.271 e. The van der Waals surface area contributed by atoms with Crippen LogP contribution in [0.25, 0.3) is 0 Å². The van der Waals surface area contributed by atoms with Crippen LogP contribution in [-0.4, -0.2) is 9.78 Å². The standard InChI is InChI=1S/C9H15ClN2/c1-2-3-4-5-7-12-8-6-9(10)11-12/h6,8H,2-5,7H2,1H3. The molecule has 0 fully saturated rings. The molecule has 0 unspecified atom stereocenters. The predicted octanol–water partition coefficient (Wildman–Crippen LogP) is 3.12. The van der Waals surface area contributed by atoms with Crippen molar-refractivity contribution in [2.45, 2.75) is 39.2 Å². The molecular weight excluding hydrogens is 172 g/mol. The molecular formula is C9H15ClN2. The predicted molar refractivity (Wildman–Crippen MR) is 51.4 cm³/mol. The Morgan fingerprint density at radius 2 is 2.25 bits per heavy atom. The summed E-state index contributed by atoms with van der Waals surface area (Å²) in [5.41, 5.74) is 0. The SMILES string of the molecule is CCCCCCn1ccc(Cl)n1. The molecule has 12 heavy (non-hydrogen) atoms. The van der Waals surface area contributed by atoms with E-state index in [9.17, 15) is 0 Å². The molecule has 0 atom stereocenters. The van der Waals surface area contributed by atoms with Gasteiger partial charge in [0.15, 0.2) is 5.15 Å². The van der Waals surface area contributed by atoms with Crippen LogP contribution in [0.2, 0.25) is 5.15 Å². The summed E-state index contributed by atoms with van der Waals surface area (Å²) in [4.78, 5) is 0. The van der Waals surface area contributed by atoms with Gasteiger partial charge in [-0.3, -0.25) is 4.68 Å². The topological polar surface area (TPSA) is 17.8 Å². The highest BCUT2D eigenvalue weighted by Crippen LogP contribution is 2.05. The Morgan fingerprint density at radius 1 is 1.42 bits per heavy atom. The number of hydrogen-bond donors (Lipinski definition) is 0. The third-order valence-electron chi connectivity index (χ3n) is 1.85. The van der Waals surface area contributed by atoms with E-state index in [0.717, 1.165) is 6.54 Å². The second-order valence-corrected chi connectivity index (χ2v) is 3.35. The zero-order chi connectivity index (χ0) is 8.81. The van der Waals surface area contributed by atoms with Crippen molar-refractivity contribution in [2.75, 3.05) is 0 Å². The molecule has 0 bridgehead atoms. The van der Waals surface area contributed by atoms with E-state index in [1.165, 1.54) is 25.7 Å². The van der Waals surface area contributed by atoms with Gasteiger partial charge in [0.2, 0.25) is 0 Å². The quantitative estimate of drug-likeness (QED) is 0.647. The van der Waals surface area contributed by atoms with Gasteiger partial charge in [0.25, 0.3) is 0 Å². The molecule has 0 aliphatic heterocycles. The molecule has 0 aromatic carbocycles. The van der Waals surface area contributed by atoms with E-state index >= 15 is 0 Å². The van der Waals surface area contributed by atoms with Gasteiger partial charge in [0.05, 0.1) is 0 Å². The van der Waals surface area contributed by atoms with Crippen LogP contribution in [0.15, 0.2) is 12.3 Å². The van der Waals surface area contributed by atoms with Gasteiger partial charge < -0.3 is 0 Å². The van der Waals surface area contributed by atoms with E-state index < -0.39 is 0 Å². The highest BCUT2D eigenvalue weighted by Gasteiger charge is 1.94. The summed E-state index contributed by atoms with van der Waals surface area (Å²) < 4.78 is 1.90. The molecule has 0 spiro atoms. The Hall–Kier alpha value is -0.500. The molecule has 1 rings (SSSR count). The smallest absolute Gasteiger partial charge is 0.151 e. The van der Waals surface area contributed by atoms with Crippen molar-refractivity contribution in [1.29, 1.82) is 0 Å². The Bertz CT molecular complexity index is 220. The van der Waals surface area contributed by atoms with Gasteiger partial charge in [-0.2, -0.15) is 5.10 Å². The van der Waals surface area contributed by atoms with Crippen molar-refractivity contribution in [3.05, 3.63) is 17.4 Å². The molecule has 1 heterocycles.